The fourth-order valence-corrected chi connectivity index (χ4v) is 2.56. The number of methoxy groups -OCH3 is 1. The number of carbonyl (C=O) groups is 1. The molecule has 0 aliphatic heterocycles. The van der Waals surface area contributed by atoms with Crippen LogP contribution >= 0.6 is 0 Å². The Morgan fingerprint density at radius 1 is 1.17 bits per heavy atom. The SMILES string of the molecule is COc1ccccc1-c1cc(C(=O)NC(C)C)nn2cccc12. The summed E-state index contributed by atoms with van der Waals surface area (Å²) < 4.78 is 7.18. The molecule has 3 aromatic rings. The molecule has 2 heterocycles. The van der Waals surface area contributed by atoms with Crippen molar-refractivity contribution in [2.75, 3.05) is 7.11 Å². The van der Waals surface area contributed by atoms with Gasteiger partial charge in [-0.3, -0.25) is 4.79 Å². The predicted octanol–water partition coefficient (Wildman–Crippen LogP) is 3.15. The smallest absolute Gasteiger partial charge is 0.271 e. The largest absolute Gasteiger partial charge is 0.496 e. The lowest BCUT2D eigenvalue weighted by atomic mass is 10.0. The van der Waals surface area contributed by atoms with Gasteiger partial charge in [-0.25, -0.2) is 4.52 Å². The molecule has 23 heavy (non-hydrogen) atoms. The minimum atomic E-state index is -0.188. The van der Waals surface area contributed by atoms with Crippen molar-refractivity contribution in [3.63, 3.8) is 0 Å². The fourth-order valence-electron chi connectivity index (χ4n) is 2.56. The van der Waals surface area contributed by atoms with Crippen LogP contribution in [0.15, 0.2) is 48.7 Å². The van der Waals surface area contributed by atoms with Gasteiger partial charge in [0.2, 0.25) is 0 Å². The maximum atomic E-state index is 12.3. The first kappa shape index (κ1) is 15.1. The number of nitrogens with zero attached hydrogens (tertiary/aromatic N) is 2. The number of hydrogen-bond donors (Lipinski definition) is 1. The highest BCUT2D eigenvalue weighted by Gasteiger charge is 2.16. The van der Waals surface area contributed by atoms with E-state index in [0.717, 1.165) is 22.4 Å². The molecule has 0 spiro atoms. The molecule has 1 N–H and O–H groups in total. The molecule has 5 nitrogen and oxygen atoms in total. The van der Waals surface area contributed by atoms with Crippen molar-refractivity contribution in [3.05, 3.63) is 54.4 Å². The standard InChI is InChI=1S/C18H19N3O2/c1-12(2)19-18(22)15-11-14(16-8-6-10-21(16)20-15)13-7-4-5-9-17(13)23-3/h4-12H,1-3H3,(H,19,22). The molecule has 1 amide bonds. The first-order valence-corrected chi connectivity index (χ1v) is 7.53. The minimum Gasteiger partial charge on any atom is -0.496 e. The highest BCUT2D eigenvalue weighted by Crippen LogP contribution is 2.33. The van der Waals surface area contributed by atoms with Gasteiger partial charge in [0.15, 0.2) is 0 Å². The number of para-hydroxylation sites is 1. The van der Waals surface area contributed by atoms with Gasteiger partial charge in [0.1, 0.15) is 11.4 Å². The second-order valence-corrected chi connectivity index (χ2v) is 5.61. The average molecular weight is 309 g/mol. The predicted molar refractivity (Wildman–Crippen MR) is 89.8 cm³/mol. The van der Waals surface area contributed by atoms with Crippen LogP contribution in [0.2, 0.25) is 0 Å². The van der Waals surface area contributed by atoms with E-state index in [1.54, 1.807) is 11.6 Å². The van der Waals surface area contributed by atoms with E-state index in [4.69, 9.17) is 4.74 Å². The van der Waals surface area contributed by atoms with Crippen molar-refractivity contribution in [2.45, 2.75) is 19.9 Å². The summed E-state index contributed by atoms with van der Waals surface area (Å²) in [5.41, 5.74) is 3.15. The van der Waals surface area contributed by atoms with Crippen LogP contribution in [0.3, 0.4) is 0 Å². The molecule has 5 heteroatoms. The summed E-state index contributed by atoms with van der Waals surface area (Å²) in [5, 5.41) is 7.27. The molecule has 2 aromatic heterocycles. The van der Waals surface area contributed by atoms with Crippen molar-refractivity contribution in [2.24, 2.45) is 0 Å². The van der Waals surface area contributed by atoms with Gasteiger partial charge < -0.3 is 10.1 Å². The Bertz CT molecular complexity index is 852. The zero-order valence-electron chi connectivity index (χ0n) is 13.4. The van der Waals surface area contributed by atoms with Gasteiger partial charge in [0.25, 0.3) is 5.91 Å². The van der Waals surface area contributed by atoms with Crippen LogP contribution in [0, 0.1) is 0 Å². The van der Waals surface area contributed by atoms with Crippen LogP contribution in [0.5, 0.6) is 5.75 Å². The lowest BCUT2D eigenvalue weighted by Crippen LogP contribution is -2.31. The maximum absolute atomic E-state index is 12.3. The van der Waals surface area contributed by atoms with E-state index in [-0.39, 0.29) is 11.9 Å². The molecule has 118 valence electrons. The first-order chi connectivity index (χ1) is 11.1. The third kappa shape index (κ3) is 2.90. The summed E-state index contributed by atoms with van der Waals surface area (Å²) in [5.74, 6) is 0.573. The summed E-state index contributed by atoms with van der Waals surface area (Å²) in [6.45, 7) is 3.85. The number of aromatic nitrogens is 2. The number of rotatable bonds is 4. The van der Waals surface area contributed by atoms with E-state index in [1.165, 1.54) is 0 Å². The average Bonchev–Trinajstić information content (AvgIpc) is 3.01. The zero-order chi connectivity index (χ0) is 16.4. The van der Waals surface area contributed by atoms with Gasteiger partial charge in [0.05, 0.1) is 12.6 Å². The van der Waals surface area contributed by atoms with Crippen LogP contribution in [0.1, 0.15) is 24.3 Å². The van der Waals surface area contributed by atoms with Gasteiger partial charge in [-0.05, 0) is 38.1 Å². The lowest BCUT2D eigenvalue weighted by molar-refractivity contribution is 0.0937. The number of carbonyl (C=O) groups excluding carboxylic acids is 1. The van der Waals surface area contributed by atoms with E-state index in [0.29, 0.717) is 5.69 Å². The van der Waals surface area contributed by atoms with Gasteiger partial charge in [-0.1, -0.05) is 18.2 Å². The summed E-state index contributed by atoms with van der Waals surface area (Å²) in [6, 6.07) is 13.5. The highest BCUT2D eigenvalue weighted by molar-refractivity contribution is 5.95. The highest BCUT2D eigenvalue weighted by atomic mass is 16.5. The molecule has 0 saturated carbocycles. The summed E-state index contributed by atoms with van der Waals surface area (Å²) >= 11 is 0. The minimum absolute atomic E-state index is 0.0550. The molecule has 0 unspecified atom stereocenters. The third-order valence-electron chi connectivity index (χ3n) is 3.55. The van der Waals surface area contributed by atoms with E-state index in [9.17, 15) is 4.79 Å². The number of benzene rings is 1. The van der Waals surface area contributed by atoms with Gasteiger partial charge >= 0.3 is 0 Å². The third-order valence-corrected chi connectivity index (χ3v) is 3.55. The molecule has 0 atom stereocenters. The maximum Gasteiger partial charge on any atom is 0.271 e. The second kappa shape index (κ2) is 6.12. The number of hydrogen-bond acceptors (Lipinski definition) is 3. The van der Waals surface area contributed by atoms with Gasteiger partial charge in [-0.2, -0.15) is 5.10 Å². The number of ether oxygens (including phenoxy) is 1. The van der Waals surface area contributed by atoms with E-state index >= 15 is 0 Å². The molecule has 0 aliphatic rings. The van der Waals surface area contributed by atoms with E-state index < -0.39 is 0 Å². The van der Waals surface area contributed by atoms with Crippen molar-refractivity contribution in [3.8, 4) is 16.9 Å². The topological polar surface area (TPSA) is 55.6 Å². The van der Waals surface area contributed by atoms with E-state index in [1.807, 2.05) is 62.5 Å². The Hall–Kier alpha value is -2.82. The van der Waals surface area contributed by atoms with Crippen LogP contribution in [-0.4, -0.2) is 28.7 Å². The molecular weight excluding hydrogens is 290 g/mol. The monoisotopic (exact) mass is 309 g/mol. The van der Waals surface area contributed by atoms with E-state index in [2.05, 4.69) is 10.4 Å². The Kier molecular flexibility index (Phi) is 4.02. The number of amides is 1. The molecule has 3 rings (SSSR count). The van der Waals surface area contributed by atoms with Crippen LogP contribution in [0.25, 0.3) is 16.6 Å². The molecule has 0 bridgehead atoms. The van der Waals surface area contributed by atoms with Gasteiger partial charge in [0, 0.05) is 23.4 Å². The quantitative estimate of drug-likeness (QED) is 0.805. The molecular formula is C18H19N3O2. The molecule has 0 saturated heterocycles. The van der Waals surface area contributed by atoms with Crippen LogP contribution < -0.4 is 10.1 Å². The Balaban J connectivity index is 2.19. The number of nitrogens with one attached hydrogen (secondary N) is 1. The normalized spacial score (nSPS) is 11.0. The Morgan fingerprint density at radius 2 is 1.96 bits per heavy atom. The van der Waals surface area contributed by atoms with Crippen molar-refractivity contribution < 1.29 is 9.53 Å². The second-order valence-electron chi connectivity index (χ2n) is 5.61. The summed E-state index contributed by atoms with van der Waals surface area (Å²) in [6.07, 6.45) is 1.83. The molecule has 1 aromatic carbocycles. The molecule has 0 radical (unpaired) electrons. The van der Waals surface area contributed by atoms with Crippen molar-refractivity contribution in [1.82, 2.24) is 14.9 Å². The molecule has 0 aliphatic carbocycles. The Morgan fingerprint density at radius 3 is 2.70 bits per heavy atom. The van der Waals surface area contributed by atoms with Gasteiger partial charge in [-0.15, -0.1) is 0 Å². The fraction of sp³-hybridized carbons (Fsp3) is 0.222. The van der Waals surface area contributed by atoms with Crippen LogP contribution in [-0.2, 0) is 0 Å². The summed E-state index contributed by atoms with van der Waals surface area (Å²) in [4.78, 5) is 12.3. The number of fused-ring (bicyclic) bond motifs is 1. The van der Waals surface area contributed by atoms with Crippen molar-refractivity contribution >= 4 is 11.4 Å². The Labute approximate surface area is 134 Å². The summed E-state index contributed by atoms with van der Waals surface area (Å²) in [7, 11) is 1.64. The van der Waals surface area contributed by atoms with Crippen molar-refractivity contribution in [1.29, 1.82) is 0 Å². The zero-order valence-corrected chi connectivity index (χ0v) is 13.4. The first-order valence-electron chi connectivity index (χ1n) is 7.53. The van der Waals surface area contributed by atoms with Crippen LogP contribution in [0.4, 0.5) is 0 Å². The lowest BCUT2D eigenvalue weighted by Gasteiger charge is -2.13. The molecule has 0 fully saturated rings.